The van der Waals surface area contributed by atoms with Gasteiger partial charge in [0.15, 0.2) is 0 Å². The molecule has 1 aliphatic rings. The standard InChI is InChI=1S/C13H12O2/c14-12-7-3-1-5-10(12)9-11-6-2-4-8-13(11)15/h1-9,12,14-15H/b10-9+. The molecule has 0 saturated carbocycles. The van der Waals surface area contributed by atoms with E-state index in [1.807, 2.05) is 18.2 Å². The van der Waals surface area contributed by atoms with E-state index < -0.39 is 6.10 Å². The van der Waals surface area contributed by atoms with E-state index in [0.717, 1.165) is 5.57 Å². The van der Waals surface area contributed by atoms with Gasteiger partial charge >= 0.3 is 0 Å². The highest BCUT2D eigenvalue weighted by molar-refractivity contribution is 5.63. The van der Waals surface area contributed by atoms with Crippen LogP contribution in [0.3, 0.4) is 0 Å². The minimum Gasteiger partial charge on any atom is -0.507 e. The van der Waals surface area contributed by atoms with Gasteiger partial charge < -0.3 is 10.2 Å². The SMILES string of the molecule is Oc1ccccc1/C=C1\C=CC=CC1O. The highest BCUT2D eigenvalue weighted by atomic mass is 16.3. The Labute approximate surface area is 88.5 Å². The van der Waals surface area contributed by atoms with Gasteiger partial charge in [-0.3, -0.25) is 0 Å². The molecule has 1 aromatic carbocycles. The number of phenols is 1. The molecule has 0 saturated heterocycles. The maximum Gasteiger partial charge on any atom is 0.122 e. The summed E-state index contributed by atoms with van der Waals surface area (Å²) in [6.07, 6.45) is 8.38. The number of hydrogen-bond acceptors (Lipinski definition) is 2. The van der Waals surface area contributed by atoms with Crippen molar-refractivity contribution in [3.05, 3.63) is 59.7 Å². The number of benzene rings is 1. The van der Waals surface area contributed by atoms with Crippen molar-refractivity contribution in [3.63, 3.8) is 0 Å². The fraction of sp³-hybridized carbons (Fsp3) is 0.0769. The summed E-state index contributed by atoms with van der Waals surface area (Å²) in [6.45, 7) is 0. The molecular formula is C13H12O2. The number of para-hydroxylation sites is 1. The third kappa shape index (κ3) is 2.17. The Morgan fingerprint density at radius 2 is 1.93 bits per heavy atom. The Bertz CT molecular complexity index is 442. The van der Waals surface area contributed by atoms with Crippen molar-refractivity contribution in [2.45, 2.75) is 6.10 Å². The van der Waals surface area contributed by atoms with E-state index in [1.165, 1.54) is 0 Å². The number of aliphatic hydroxyl groups is 1. The van der Waals surface area contributed by atoms with Gasteiger partial charge in [0, 0.05) is 5.56 Å². The third-order valence-electron chi connectivity index (χ3n) is 2.29. The largest absolute Gasteiger partial charge is 0.507 e. The second kappa shape index (κ2) is 4.15. The first-order chi connectivity index (χ1) is 7.27. The van der Waals surface area contributed by atoms with Gasteiger partial charge in [-0.25, -0.2) is 0 Å². The van der Waals surface area contributed by atoms with E-state index >= 15 is 0 Å². The molecule has 0 amide bonds. The van der Waals surface area contributed by atoms with E-state index in [0.29, 0.717) is 5.56 Å². The zero-order valence-corrected chi connectivity index (χ0v) is 8.17. The molecule has 1 aliphatic carbocycles. The molecule has 0 fully saturated rings. The molecular weight excluding hydrogens is 188 g/mol. The highest BCUT2D eigenvalue weighted by Gasteiger charge is 2.07. The third-order valence-corrected chi connectivity index (χ3v) is 2.29. The molecule has 15 heavy (non-hydrogen) atoms. The van der Waals surface area contributed by atoms with Gasteiger partial charge in [0.2, 0.25) is 0 Å². The van der Waals surface area contributed by atoms with Crippen LogP contribution in [-0.4, -0.2) is 16.3 Å². The maximum absolute atomic E-state index is 9.63. The van der Waals surface area contributed by atoms with Crippen molar-refractivity contribution in [1.82, 2.24) is 0 Å². The predicted octanol–water partition coefficient (Wildman–Crippen LogP) is 2.26. The summed E-state index contributed by atoms with van der Waals surface area (Å²) in [6, 6.07) is 7.05. The number of rotatable bonds is 1. The summed E-state index contributed by atoms with van der Waals surface area (Å²) in [5, 5.41) is 19.2. The first-order valence-electron chi connectivity index (χ1n) is 4.80. The van der Waals surface area contributed by atoms with E-state index in [1.54, 1.807) is 36.4 Å². The molecule has 2 rings (SSSR count). The van der Waals surface area contributed by atoms with E-state index in [9.17, 15) is 10.2 Å². The summed E-state index contributed by atoms with van der Waals surface area (Å²) >= 11 is 0. The van der Waals surface area contributed by atoms with Crippen molar-refractivity contribution in [1.29, 1.82) is 0 Å². The molecule has 1 atom stereocenters. The molecule has 2 heteroatoms. The van der Waals surface area contributed by atoms with Gasteiger partial charge in [0.1, 0.15) is 5.75 Å². The lowest BCUT2D eigenvalue weighted by atomic mass is 10.0. The van der Waals surface area contributed by atoms with Crippen LogP contribution in [-0.2, 0) is 0 Å². The van der Waals surface area contributed by atoms with Crippen molar-refractivity contribution in [3.8, 4) is 5.75 Å². The zero-order valence-electron chi connectivity index (χ0n) is 8.17. The smallest absolute Gasteiger partial charge is 0.122 e. The summed E-state index contributed by atoms with van der Waals surface area (Å²) in [5.41, 5.74) is 1.49. The fourth-order valence-electron chi connectivity index (χ4n) is 1.47. The normalized spacial score (nSPS) is 22.2. The van der Waals surface area contributed by atoms with Crippen LogP contribution in [0.1, 0.15) is 5.56 Å². The van der Waals surface area contributed by atoms with Gasteiger partial charge in [-0.1, -0.05) is 42.5 Å². The second-order valence-electron chi connectivity index (χ2n) is 3.39. The van der Waals surface area contributed by atoms with Crippen molar-refractivity contribution in [2.75, 3.05) is 0 Å². The summed E-state index contributed by atoms with van der Waals surface area (Å²) in [7, 11) is 0. The average molecular weight is 200 g/mol. The lowest BCUT2D eigenvalue weighted by Crippen LogP contribution is -2.06. The Kier molecular flexibility index (Phi) is 2.70. The first kappa shape index (κ1) is 9.74. The Hall–Kier alpha value is -1.80. The van der Waals surface area contributed by atoms with Crippen LogP contribution in [0.15, 0.2) is 54.1 Å². The van der Waals surface area contributed by atoms with Crippen LogP contribution in [0.4, 0.5) is 0 Å². The zero-order chi connectivity index (χ0) is 10.7. The van der Waals surface area contributed by atoms with Crippen LogP contribution in [0.25, 0.3) is 6.08 Å². The second-order valence-corrected chi connectivity index (χ2v) is 3.39. The quantitative estimate of drug-likeness (QED) is 0.730. The molecule has 2 nitrogen and oxygen atoms in total. The van der Waals surface area contributed by atoms with Crippen LogP contribution in [0.5, 0.6) is 5.75 Å². The lowest BCUT2D eigenvalue weighted by molar-refractivity contribution is 0.263. The monoisotopic (exact) mass is 200 g/mol. The topological polar surface area (TPSA) is 40.5 Å². The van der Waals surface area contributed by atoms with Gasteiger partial charge in [-0.05, 0) is 17.7 Å². The number of aliphatic hydroxyl groups excluding tert-OH is 1. The highest BCUT2D eigenvalue weighted by Crippen LogP contribution is 2.22. The molecule has 2 N–H and O–H groups in total. The average Bonchev–Trinajstić information content (AvgIpc) is 2.24. The van der Waals surface area contributed by atoms with Crippen LogP contribution < -0.4 is 0 Å². The molecule has 1 aromatic rings. The minimum atomic E-state index is -0.588. The summed E-state index contributed by atoms with van der Waals surface area (Å²) in [4.78, 5) is 0. The Balaban J connectivity index is 2.34. The number of hydrogen-bond donors (Lipinski definition) is 2. The molecule has 0 aromatic heterocycles. The van der Waals surface area contributed by atoms with E-state index in [4.69, 9.17) is 0 Å². The Morgan fingerprint density at radius 1 is 1.13 bits per heavy atom. The number of allylic oxidation sites excluding steroid dienone is 2. The molecule has 0 heterocycles. The van der Waals surface area contributed by atoms with Crippen molar-refractivity contribution < 1.29 is 10.2 Å². The Morgan fingerprint density at radius 3 is 2.67 bits per heavy atom. The predicted molar refractivity (Wildman–Crippen MR) is 60.4 cm³/mol. The number of phenolic OH excluding ortho intramolecular Hbond substituents is 1. The van der Waals surface area contributed by atoms with Crippen molar-refractivity contribution in [2.24, 2.45) is 0 Å². The fourth-order valence-corrected chi connectivity index (χ4v) is 1.47. The van der Waals surface area contributed by atoms with Gasteiger partial charge in [0.25, 0.3) is 0 Å². The first-order valence-corrected chi connectivity index (χ1v) is 4.80. The molecule has 0 bridgehead atoms. The van der Waals surface area contributed by atoms with Crippen molar-refractivity contribution >= 4 is 6.08 Å². The number of aromatic hydroxyl groups is 1. The summed E-state index contributed by atoms with van der Waals surface area (Å²) < 4.78 is 0. The van der Waals surface area contributed by atoms with E-state index in [2.05, 4.69) is 0 Å². The van der Waals surface area contributed by atoms with Crippen LogP contribution in [0, 0.1) is 0 Å². The van der Waals surface area contributed by atoms with E-state index in [-0.39, 0.29) is 5.75 Å². The molecule has 0 radical (unpaired) electrons. The minimum absolute atomic E-state index is 0.222. The van der Waals surface area contributed by atoms with Crippen LogP contribution in [0.2, 0.25) is 0 Å². The van der Waals surface area contributed by atoms with Crippen LogP contribution >= 0.6 is 0 Å². The molecule has 76 valence electrons. The van der Waals surface area contributed by atoms with Gasteiger partial charge in [-0.2, -0.15) is 0 Å². The molecule has 0 aliphatic heterocycles. The lowest BCUT2D eigenvalue weighted by Gasteiger charge is -2.10. The summed E-state index contributed by atoms with van der Waals surface area (Å²) in [5.74, 6) is 0.222. The molecule has 0 spiro atoms. The van der Waals surface area contributed by atoms with Gasteiger partial charge in [0.05, 0.1) is 6.10 Å². The molecule has 1 unspecified atom stereocenters. The van der Waals surface area contributed by atoms with Gasteiger partial charge in [-0.15, -0.1) is 0 Å². The maximum atomic E-state index is 9.63.